The number of phenolic OH excluding ortho intramolecular Hbond substituents is 1. The van der Waals surface area contributed by atoms with E-state index in [1.54, 1.807) is 66.9 Å². The Morgan fingerprint density at radius 1 is 0.958 bits per heavy atom. The monoisotopic (exact) mass is 337 g/mol. The van der Waals surface area contributed by atoms with Crippen molar-refractivity contribution in [3.63, 3.8) is 0 Å². The van der Waals surface area contributed by atoms with E-state index in [9.17, 15) is 14.1 Å². The second-order valence-electron chi connectivity index (χ2n) is 4.97. The largest absolute Gasteiger partial charge is 0.508 e. The van der Waals surface area contributed by atoms with E-state index in [-0.39, 0.29) is 11.3 Å². The van der Waals surface area contributed by atoms with E-state index in [4.69, 9.17) is 0 Å². The number of nitrogens with zero attached hydrogens (tertiary/aromatic N) is 2. The molecule has 0 fully saturated rings. The summed E-state index contributed by atoms with van der Waals surface area (Å²) >= 11 is 0. The van der Waals surface area contributed by atoms with Crippen molar-refractivity contribution < 1.29 is 14.1 Å². The molecule has 0 bridgehead atoms. The molecule has 0 aliphatic heterocycles. The van der Waals surface area contributed by atoms with Crippen molar-refractivity contribution in [3.05, 3.63) is 78.6 Å². The van der Waals surface area contributed by atoms with Crippen LogP contribution in [0.25, 0.3) is 11.1 Å². The van der Waals surface area contributed by atoms with Gasteiger partial charge >= 0.3 is 0 Å². The molecule has 1 N–H and O–H groups in total. The van der Waals surface area contributed by atoms with Crippen LogP contribution in [0.1, 0.15) is 10.4 Å². The first-order chi connectivity index (χ1) is 11.6. The van der Waals surface area contributed by atoms with Gasteiger partial charge in [-0.2, -0.15) is 10.6 Å². The van der Waals surface area contributed by atoms with Crippen molar-refractivity contribution in [2.24, 2.45) is 4.36 Å². The first kappa shape index (κ1) is 15.9. The molecular weight excluding hydrogens is 324 g/mol. The lowest BCUT2D eigenvalue weighted by molar-refractivity contribution is 0.100. The number of benzene rings is 2. The van der Waals surface area contributed by atoms with Gasteiger partial charge in [0.05, 0.1) is 5.56 Å². The number of amides is 1. The fourth-order valence-corrected chi connectivity index (χ4v) is 2.87. The zero-order chi connectivity index (χ0) is 16.9. The number of hydrogen-bond donors (Lipinski definition) is 1. The molecular formula is C18H13N2O3S-. The lowest BCUT2D eigenvalue weighted by atomic mass is 10.1. The third-order valence-corrected chi connectivity index (χ3v) is 4.28. The summed E-state index contributed by atoms with van der Waals surface area (Å²) in [5.41, 5.74) is 1.62. The fraction of sp³-hybridized carbons (Fsp3) is 0. The normalized spacial score (nSPS) is 12.0. The summed E-state index contributed by atoms with van der Waals surface area (Å²) in [6, 6.07) is 16.8. The average Bonchev–Trinajstić information content (AvgIpc) is 2.62. The molecule has 1 heterocycles. The molecule has 0 aliphatic rings. The Bertz CT molecular complexity index is 965. The average molecular weight is 337 g/mol. The maximum atomic E-state index is 12.2. The first-order valence-corrected chi connectivity index (χ1v) is 8.21. The van der Waals surface area contributed by atoms with Crippen LogP contribution < -0.4 is 0 Å². The number of carbonyl (C=O) groups is 1. The van der Waals surface area contributed by atoms with Gasteiger partial charge in [-0.05, 0) is 23.8 Å². The molecule has 3 aromatic rings. The molecule has 6 heteroatoms. The van der Waals surface area contributed by atoms with Gasteiger partial charge in [0.25, 0.3) is 5.91 Å². The summed E-state index contributed by atoms with van der Waals surface area (Å²) in [7, 11) is -1.76. The number of aromatic nitrogens is 1. The predicted molar refractivity (Wildman–Crippen MR) is 90.9 cm³/mol. The third-order valence-electron chi connectivity index (χ3n) is 3.28. The van der Waals surface area contributed by atoms with E-state index in [0.717, 1.165) is 5.56 Å². The van der Waals surface area contributed by atoms with Gasteiger partial charge in [0.2, 0.25) is 0 Å². The number of rotatable bonds is 3. The Balaban J connectivity index is 1.92. The number of aromatic hydroxyl groups is 1. The summed E-state index contributed by atoms with van der Waals surface area (Å²) in [6.07, 6.45) is 2.96. The molecule has 0 spiro atoms. The van der Waals surface area contributed by atoms with Gasteiger partial charge < -0.3 is 13.7 Å². The number of carbonyl (C=O) groups excluding carboxylic acids is 1. The smallest absolute Gasteiger partial charge is 0.255 e. The highest BCUT2D eigenvalue weighted by Gasteiger charge is 2.06. The lowest BCUT2D eigenvalue weighted by Gasteiger charge is -2.06. The van der Waals surface area contributed by atoms with E-state index < -0.39 is 16.5 Å². The van der Waals surface area contributed by atoms with Gasteiger partial charge in [0.15, 0.2) is 0 Å². The van der Waals surface area contributed by atoms with Crippen molar-refractivity contribution in [1.82, 2.24) is 4.98 Å². The quantitative estimate of drug-likeness (QED) is 0.737. The minimum Gasteiger partial charge on any atom is -0.508 e. The maximum Gasteiger partial charge on any atom is 0.255 e. The third kappa shape index (κ3) is 3.67. The number of phenols is 1. The first-order valence-electron chi connectivity index (χ1n) is 7.11. The van der Waals surface area contributed by atoms with Crippen molar-refractivity contribution in [2.75, 3.05) is 0 Å². The minimum absolute atomic E-state index is 0.124. The Kier molecular flexibility index (Phi) is 4.67. The van der Waals surface area contributed by atoms with E-state index >= 15 is 0 Å². The SMILES string of the molecule is O=C(N=[S-](=O)c1ccccc1)c1cncc(-c2cccc(O)c2)c1. The highest BCUT2D eigenvalue weighted by Crippen LogP contribution is 2.23. The van der Waals surface area contributed by atoms with E-state index in [0.29, 0.717) is 10.5 Å². The molecule has 0 saturated carbocycles. The van der Waals surface area contributed by atoms with Crippen LogP contribution >= 0.6 is 0 Å². The molecule has 0 unspecified atom stereocenters. The summed E-state index contributed by atoms with van der Waals surface area (Å²) in [4.78, 5) is 16.7. The molecule has 1 amide bonds. The van der Waals surface area contributed by atoms with Crippen LogP contribution in [-0.2, 0) is 14.8 Å². The summed E-state index contributed by atoms with van der Waals surface area (Å²) in [5, 5.41) is 9.55. The minimum atomic E-state index is -1.76. The zero-order valence-corrected chi connectivity index (χ0v) is 13.3. The Morgan fingerprint density at radius 2 is 1.75 bits per heavy atom. The molecule has 0 radical (unpaired) electrons. The molecule has 0 saturated heterocycles. The molecule has 5 nitrogen and oxygen atoms in total. The van der Waals surface area contributed by atoms with Crippen molar-refractivity contribution >= 4 is 16.5 Å². The predicted octanol–water partition coefficient (Wildman–Crippen LogP) is 3.80. The summed E-state index contributed by atoms with van der Waals surface area (Å²) < 4.78 is 15.8. The Morgan fingerprint density at radius 3 is 2.50 bits per heavy atom. The van der Waals surface area contributed by atoms with Gasteiger partial charge in [0.1, 0.15) is 5.75 Å². The molecule has 0 atom stereocenters. The molecule has 3 rings (SSSR count). The van der Waals surface area contributed by atoms with E-state index in [2.05, 4.69) is 9.35 Å². The molecule has 1 aromatic heterocycles. The van der Waals surface area contributed by atoms with Gasteiger partial charge in [-0.3, -0.25) is 9.78 Å². The van der Waals surface area contributed by atoms with Gasteiger partial charge in [0, 0.05) is 18.0 Å². The van der Waals surface area contributed by atoms with Crippen molar-refractivity contribution in [1.29, 1.82) is 0 Å². The van der Waals surface area contributed by atoms with E-state index in [1.807, 2.05) is 0 Å². The Labute approximate surface area is 140 Å². The Hall–Kier alpha value is -2.99. The van der Waals surface area contributed by atoms with Crippen molar-refractivity contribution in [3.8, 4) is 16.9 Å². The highest BCUT2D eigenvalue weighted by atomic mass is 32.2. The standard InChI is InChI=1S/C18H13N2O3S/c21-16-6-4-5-13(10-16)14-9-15(12-19-11-14)18(22)20-24(23)17-7-2-1-3-8-17/h1-12,21H/q-1. The van der Waals surface area contributed by atoms with Crippen LogP contribution in [0.2, 0.25) is 0 Å². The van der Waals surface area contributed by atoms with Crippen LogP contribution in [0.4, 0.5) is 0 Å². The summed E-state index contributed by atoms with van der Waals surface area (Å²) in [6.45, 7) is 0. The highest BCUT2D eigenvalue weighted by molar-refractivity contribution is 7.75. The number of hydrogen-bond acceptors (Lipinski definition) is 5. The van der Waals surface area contributed by atoms with Crippen LogP contribution in [0.5, 0.6) is 5.75 Å². The van der Waals surface area contributed by atoms with Gasteiger partial charge in [-0.25, -0.2) is 0 Å². The topological polar surface area (TPSA) is 79.6 Å². The molecule has 0 aliphatic carbocycles. The van der Waals surface area contributed by atoms with Crippen LogP contribution in [0.3, 0.4) is 0 Å². The second-order valence-corrected chi connectivity index (χ2v) is 6.12. The van der Waals surface area contributed by atoms with Gasteiger partial charge in [-0.1, -0.05) is 47.4 Å². The molecule has 120 valence electrons. The summed E-state index contributed by atoms with van der Waals surface area (Å²) in [5.74, 6) is -0.481. The van der Waals surface area contributed by atoms with Crippen LogP contribution in [0.15, 0.2) is 82.3 Å². The second kappa shape index (κ2) is 7.06. The van der Waals surface area contributed by atoms with Crippen LogP contribution in [0, 0.1) is 0 Å². The lowest BCUT2D eigenvalue weighted by Crippen LogP contribution is -1.97. The number of pyridine rings is 1. The molecule has 2 aromatic carbocycles. The molecule has 24 heavy (non-hydrogen) atoms. The van der Waals surface area contributed by atoms with E-state index in [1.165, 1.54) is 6.20 Å². The zero-order valence-electron chi connectivity index (χ0n) is 12.5. The maximum absolute atomic E-state index is 12.2. The van der Waals surface area contributed by atoms with Crippen LogP contribution in [-0.4, -0.2) is 16.0 Å². The fourth-order valence-electron chi connectivity index (χ4n) is 2.12. The van der Waals surface area contributed by atoms with Gasteiger partial charge in [-0.15, -0.1) is 0 Å². The van der Waals surface area contributed by atoms with Crippen molar-refractivity contribution in [2.45, 2.75) is 4.90 Å².